The van der Waals surface area contributed by atoms with E-state index in [0.717, 1.165) is 6.42 Å². The minimum Gasteiger partial charge on any atom is -0.387 e. The monoisotopic (exact) mass is 115 g/mol. The van der Waals surface area contributed by atoms with E-state index in [1.807, 2.05) is 6.92 Å². The number of nitrogens with zero attached hydrogens (tertiary/aromatic N) is 1. The first-order valence-corrected chi connectivity index (χ1v) is 2.74. The molecule has 0 aromatic carbocycles. The second-order valence-electron chi connectivity index (χ2n) is 1.71. The molecule has 4 N–H and O–H groups in total. The van der Waals surface area contributed by atoms with Gasteiger partial charge in [0.1, 0.15) is 0 Å². The van der Waals surface area contributed by atoms with Crippen LogP contribution in [0.25, 0.3) is 0 Å². The summed E-state index contributed by atoms with van der Waals surface area (Å²) in [5, 5.41) is 0. The lowest BCUT2D eigenvalue weighted by Crippen LogP contribution is -2.19. The standard InChI is InChI=1S/C5H13N3/c1-3-5(7)8-4(2)6/h4H,3,6H2,1-2H3,(H2,7,8). The molecule has 0 aliphatic heterocycles. The Morgan fingerprint density at radius 1 is 1.75 bits per heavy atom. The van der Waals surface area contributed by atoms with E-state index >= 15 is 0 Å². The molecular formula is C5H13N3. The Hall–Kier alpha value is -0.570. The van der Waals surface area contributed by atoms with Crippen molar-refractivity contribution < 1.29 is 0 Å². The average molecular weight is 115 g/mol. The fourth-order valence-corrected chi connectivity index (χ4v) is 0.353. The zero-order chi connectivity index (χ0) is 6.57. The van der Waals surface area contributed by atoms with Gasteiger partial charge in [-0.25, -0.2) is 0 Å². The molecule has 0 aromatic rings. The highest BCUT2D eigenvalue weighted by Crippen LogP contribution is 1.80. The summed E-state index contributed by atoms with van der Waals surface area (Å²) in [5.41, 5.74) is 10.6. The molecule has 0 aliphatic carbocycles. The van der Waals surface area contributed by atoms with Crippen molar-refractivity contribution in [3.63, 3.8) is 0 Å². The van der Waals surface area contributed by atoms with Gasteiger partial charge in [0.05, 0.1) is 12.0 Å². The van der Waals surface area contributed by atoms with Gasteiger partial charge in [0.2, 0.25) is 0 Å². The molecule has 0 rings (SSSR count). The Bertz CT molecular complexity index is 85.7. The summed E-state index contributed by atoms with van der Waals surface area (Å²) in [6, 6.07) is 0. The normalized spacial score (nSPS) is 16.1. The molecule has 0 spiro atoms. The Balaban J connectivity index is 3.56. The van der Waals surface area contributed by atoms with Crippen LogP contribution in [0.2, 0.25) is 0 Å². The molecule has 0 saturated carbocycles. The molecule has 48 valence electrons. The smallest absolute Gasteiger partial charge is 0.0960 e. The third-order valence-corrected chi connectivity index (χ3v) is 0.732. The van der Waals surface area contributed by atoms with Crippen LogP contribution in [0.15, 0.2) is 4.99 Å². The zero-order valence-electron chi connectivity index (χ0n) is 5.39. The van der Waals surface area contributed by atoms with Crippen LogP contribution < -0.4 is 11.5 Å². The van der Waals surface area contributed by atoms with Gasteiger partial charge < -0.3 is 11.5 Å². The molecule has 1 unspecified atom stereocenters. The fraction of sp³-hybridized carbons (Fsp3) is 0.800. The van der Waals surface area contributed by atoms with Crippen molar-refractivity contribution in [2.75, 3.05) is 0 Å². The van der Waals surface area contributed by atoms with E-state index in [1.54, 1.807) is 6.92 Å². The second kappa shape index (κ2) is 3.43. The highest BCUT2D eigenvalue weighted by atomic mass is 15.0. The average Bonchev–Trinajstić information content (AvgIpc) is 1.65. The molecule has 0 fully saturated rings. The summed E-state index contributed by atoms with van der Waals surface area (Å²) in [5.74, 6) is 0.625. The van der Waals surface area contributed by atoms with Crippen molar-refractivity contribution in [1.29, 1.82) is 0 Å². The van der Waals surface area contributed by atoms with Crippen LogP contribution in [0.3, 0.4) is 0 Å². The SMILES string of the molecule is CCC(N)=NC(C)N. The van der Waals surface area contributed by atoms with Gasteiger partial charge in [-0.05, 0) is 6.92 Å². The summed E-state index contributed by atoms with van der Waals surface area (Å²) < 4.78 is 0. The minimum atomic E-state index is -0.157. The topological polar surface area (TPSA) is 64.4 Å². The molecule has 0 aromatic heterocycles. The van der Waals surface area contributed by atoms with E-state index in [9.17, 15) is 0 Å². The third-order valence-electron chi connectivity index (χ3n) is 0.732. The predicted octanol–water partition coefficient (Wildman–Crippen LogP) is 0.0583. The summed E-state index contributed by atoms with van der Waals surface area (Å²) in [7, 11) is 0. The second-order valence-corrected chi connectivity index (χ2v) is 1.71. The molecule has 0 saturated heterocycles. The highest BCUT2D eigenvalue weighted by Gasteiger charge is 1.87. The van der Waals surface area contributed by atoms with Gasteiger partial charge in [-0.1, -0.05) is 6.92 Å². The van der Waals surface area contributed by atoms with Crippen molar-refractivity contribution >= 4 is 5.84 Å². The fourth-order valence-electron chi connectivity index (χ4n) is 0.353. The van der Waals surface area contributed by atoms with E-state index in [-0.39, 0.29) is 6.17 Å². The lowest BCUT2D eigenvalue weighted by molar-refractivity contribution is 0.786. The highest BCUT2D eigenvalue weighted by molar-refractivity contribution is 5.79. The maximum atomic E-state index is 5.34. The number of amidine groups is 1. The van der Waals surface area contributed by atoms with Gasteiger partial charge in [0.25, 0.3) is 0 Å². The van der Waals surface area contributed by atoms with Crippen LogP contribution in [0.1, 0.15) is 20.3 Å². The van der Waals surface area contributed by atoms with Crippen molar-refractivity contribution in [2.24, 2.45) is 16.5 Å². The van der Waals surface area contributed by atoms with Crippen molar-refractivity contribution in [2.45, 2.75) is 26.4 Å². The number of aliphatic imine (C=N–C) groups is 1. The zero-order valence-corrected chi connectivity index (χ0v) is 5.39. The summed E-state index contributed by atoms with van der Waals surface area (Å²) in [6.07, 6.45) is 0.622. The van der Waals surface area contributed by atoms with Crippen LogP contribution in [-0.4, -0.2) is 12.0 Å². The Labute approximate surface area is 49.8 Å². The maximum Gasteiger partial charge on any atom is 0.0960 e. The molecule has 3 nitrogen and oxygen atoms in total. The molecule has 1 atom stereocenters. The molecule has 0 bridgehead atoms. The quantitative estimate of drug-likeness (QED) is 0.395. The van der Waals surface area contributed by atoms with Gasteiger partial charge in [-0.3, -0.25) is 4.99 Å². The van der Waals surface area contributed by atoms with Gasteiger partial charge in [-0.15, -0.1) is 0 Å². The molecule has 0 radical (unpaired) electrons. The summed E-state index contributed by atoms with van der Waals surface area (Å²) in [6.45, 7) is 3.74. The summed E-state index contributed by atoms with van der Waals surface area (Å²) in [4.78, 5) is 3.87. The first-order valence-electron chi connectivity index (χ1n) is 2.74. The van der Waals surface area contributed by atoms with Crippen molar-refractivity contribution in [3.05, 3.63) is 0 Å². The molecule has 3 heteroatoms. The Morgan fingerprint density at radius 2 is 2.25 bits per heavy atom. The molecule has 8 heavy (non-hydrogen) atoms. The Kier molecular flexibility index (Phi) is 3.19. The number of hydrogen-bond donors (Lipinski definition) is 2. The third kappa shape index (κ3) is 3.61. The van der Waals surface area contributed by atoms with Gasteiger partial charge in [-0.2, -0.15) is 0 Å². The van der Waals surface area contributed by atoms with E-state index in [0.29, 0.717) is 5.84 Å². The molecule has 0 aliphatic rings. The van der Waals surface area contributed by atoms with Crippen molar-refractivity contribution in [1.82, 2.24) is 0 Å². The Morgan fingerprint density at radius 3 is 2.38 bits per heavy atom. The first-order chi connectivity index (χ1) is 3.66. The number of hydrogen-bond acceptors (Lipinski definition) is 2. The maximum absolute atomic E-state index is 5.34. The first kappa shape index (κ1) is 7.43. The van der Waals surface area contributed by atoms with Crippen LogP contribution in [0, 0.1) is 0 Å². The predicted molar refractivity (Wildman–Crippen MR) is 35.6 cm³/mol. The van der Waals surface area contributed by atoms with E-state index in [4.69, 9.17) is 11.5 Å². The van der Waals surface area contributed by atoms with Crippen LogP contribution in [0.5, 0.6) is 0 Å². The van der Waals surface area contributed by atoms with Crippen LogP contribution in [-0.2, 0) is 0 Å². The van der Waals surface area contributed by atoms with Crippen molar-refractivity contribution in [3.8, 4) is 0 Å². The summed E-state index contributed by atoms with van der Waals surface area (Å²) >= 11 is 0. The largest absolute Gasteiger partial charge is 0.387 e. The lowest BCUT2D eigenvalue weighted by atomic mass is 10.4. The molecule has 0 heterocycles. The van der Waals surface area contributed by atoms with Gasteiger partial charge >= 0.3 is 0 Å². The number of nitrogens with two attached hydrogens (primary N) is 2. The van der Waals surface area contributed by atoms with Gasteiger partial charge in [0.15, 0.2) is 0 Å². The molecule has 0 amide bonds. The van der Waals surface area contributed by atoms with E-state index in [1.165, 1.54) is 0 Å². The van der Waals surface area contributed by atoms with Crippen LogP contribution in [0.4, 0.5) is 0 Å². The van der Waals surface area contributed by atoms with E-state index in [2.05, 4.69) is 4.99 Å². The van der Waals surface area contributed by atoms with E-state index < -0.39 is 0 Å². The minimum absolute atomic E-state index is 0.157. The number of rotatable bonds is 2. The van der Waals surface area contributed by atoms with Gasteiger partial charge in [0, 0.05) is 6.42 Å². The lowest BCUT2D eigenvalue weighted by Gasteiger charge is -1.97. The van der Waals surface area contributed by atoms with Crippen LogP contribution >= 0.6 is 0 Å². The molecular weight excluding hydrogens is 102 g/mol.